The van der Waals surface area contributed by atoms with Gasteiger partial charge in [-0.05, 0) is 35.8 Å². The largest absolute Gasteiger partial charge is 0.355 e. The highest BCUT2D eigenvalue weighted by Gasteiger charge is 2.14. The van der Waals surface area contributed by atoms with Crippen LogP contribution in [0, 0.1) is 6.92 Å². The van der Waals surface area contributed by atoms with E-state index in [9.17, 15) is 0 Å². The predicted molar refractivity (Wildman–Crippen MR) is 87.7 cm³/mol. The van der Waals surface area contributed by atoms with Crippen LogP contribution in [0.1, 0.15) is 22.4 Å². The van der Waals surface area contributed by atoms with Crippen LogP contribution in [0.15, 0.2) is 61.7 Å². The third kappa shape index (κ3) is 1.88. The van der Waals surface area contributed by atoms with Gasteiger partial charge < -0.3 is 4.98 Å². The molecule has 2 aromatic carbocycles. The lowest BCUT2D eigenvalue weighted by molar-refractivity contribution is 1.39. The molecule has 98 valence electrons. The summed E-state index contributed by atoms with van der Waals surface area (Å²) in [6.07, 6.45) is 1.86. The molecule has 1 heterocycles. The number of nitrogens with one attached hydrogen (secondary N) is 1. The second-order valence-electron chi connectivity index (χ2n) is 4.96. The molecule has 0 aliphatic heterocycles. The van der Waals surface area contributed by atoms with E-state index in [1.807, 2.05) is 12.1 Å². The van der Waals surface area contributed by atoms with Gasteiger partial charge in [-0.2, -0.15) is 0 Å². The molecule has 0 saturated carbocycles. The first-order valence-corrected chi connectivity index (χ1v) is 6.71. The van der Waals surface area contributed by atoms with Crippen LogP contribution in [0.3, 0.4) is 0 Å². The average Bonchev–Trinajstić information content (AvgIpc) is 2.85. The number of H-pyrrole nitrogens is 1. The number of aromatic amines is 1. The summed E-state index contributed by atoms with van der Waals surface area (Å²) in [5.74, 6) is 0. The fourth-order valence-electron chi connectivity index (χ4n) is 2.69. The van der Waals surface area contributed by atoms with Gasteiger partial charge in [-0.1, -0.05) is 55.6 Å². The van der Waals surface area contributed by atoms with Crippen molar-refractivity contribution < 1.29 is 0 Å². The summed E-state index contributed by atoms with van der Waals surface area (Å²) in [5, 5.41) is 1.19. The molecule has 20 heavy (non-hydrogen) atoms. The number of rotatable bonds is 3. The van der Waals surface area contributed by atoms with Crippen LogP contribution in [0.5, 0.6) is 0 Å². The minimum atomic E-state index is 1.03. The van der Waals surface area contributed by atoms with Gasteiger partial charge in [0.15, 0.2) is 0 Å². The molecule has 0 spiro atoms. The van der Waals surface area contributed by atoms with Crippen molar-refractivity contribution in [2.45, 2.75) is 6.92 Å². The number of aromatic nitrogens is 1. The highest BCUT2D eigenvalue weighted by Crippen LogP contribution is 2.33. The fraction of sp³-hybridized carbons (Fsp3) is 0.0526. The summed E-state index contributed by atoms with van der Waals surface area (Å²) in [4.78, 5) is 3.41. The van der Waals surface area contributed by atoms with E-state index in [1.165, 1.54) is 16.5 Å². The van der Waals surface area contributed by atoms with E-state index in [2.05, 4.69) is 67.5 Å². The van der Waals surface area contributed by atoms with Gasteiger partial charge in [-0.3, -0.25) is 0 Å². The number of benzene rings is 2. The maximum absolute atomic E-state index is 4.32. The van der Waals surface area contributed by atoms with Gasteiger partial charge in [0.25, 0.3) is 0 Å². The smallest absolute Gasteiger partial charge is 0.0465 e. The number of aryl methyl sites for hydroxylation is 1. The van der Waals surface area contributed by atoms with E-state index in [4.69, 9.17) is 0 Å². The summed E-state index contributed by atoms with van der Waals surface area (Å²) in [5.41, 5.74) is 6.74. The number of para-hydroxylation sites is 1. The summed E-state index contributed by atoms with van der Waals surface area (Å²) in [6, 6.07) is 16.6. The van der Waals surface area contributed by atoms with Crippen molar-refractivity contribution in [3.8, 4) is 0 Å². The fourth-order valence-corrected chi connectivity index (χ4v) is 2.69. The molecule has 0 bridgehead atoms. The second kappa shape index (κ2) is 4.86. The Morgan fingerprint density at radius 2 is 1.75 bits per heavy atom. The molecule has 0 unspecified atom stereocenters. The average molecular weight is 259 g/mol. The zero-order chi connectivity index (χ0) is 14.1. The number of fused-ring (bicyclic) bond motifs is 1. The quantitative estimate of drug-likeness (QED) is 0.667. The Balaban J connectivity index is 2.26. The van der Waals surface area contributed by atoms with Crippen LogP contribution in [0.4, 0.5) is 0 Å². The Bertz CT molecular complexity index is 805. The molecule has 1 N–H and O–H groups in total. The van der Waals surface area contributed by atoms with Gasteiger partial charge in [0.05, 0.1) is 0 Å². The lowest BCUT2D eigenvalue weighted by Gasteiger charge is -2.10. The third-order valence-electron chi connectivity index (χ3n) is 3.71. The SMILES string of the molecule is C=Cc1[nH]c2ccccc2c1C(=C)c1ccccc1C. The molecule has 1 nitrogen and oxygen atoms in total. The minimum Gasteiger partial charge on any atom is -0.355 e. The van der Waals surface area contributed by atoms with E-state index < -0.39 is 0 Å². The third-order valence-corrected chi connectivity index (χ3v) is 3.71. The first-order valence-electron chi connectivity index (χ1n) is 6.71. The van der Waals surface area contributed by atoms with Crippen LogP contribution in [-0.4, -0.2) is 4.98 Å². The molecule has 3 aromatic rings. The Hall–Kier alpha value is -2.54. The van der Waals surface area contributed by atoms with Crippen molar-refractivity contribution in [2.75, 3.05) is 0 Å². The van der Waals surface area contributed by atoms with Crippen molar-refractivity contribution in [1.29, 1.82) is 0 Å². The van der Waals surface area contributed by atoms with Crippen molar-refractivity contribution >= 4 is 22.6 Å². The van der Waals surface area contributed by atoms with E-state index in [0.29, 0.717) is 0 Å². The van der Waals surface area contributed by atoms with Gasteiger partial charge in [-0.25, -0.2) is 0 Å². The molecule has 0 aliphatic carbocycles. The zero-order valence-electron chi connectivity index (χ0n) is 11.6. The molecule has 0 aliphatic rings. The van der Waals surface area contributed by atoms with Crippen LogP contribution in [0.2, 0.25) is 0 Å². The summed E-state index contributed by atoms with van der Waals surface area (Å²) in [6.45, 7) is 10.3. The lowest BCUT2D eigenvalue weighted by atomic mass is 9.94. The summed E-state index contributed by atoms with van der Waals surface area (Å²) < 4.78 is 0. The molecule has 1 aromatic heterocycles. The first-order chi connectivity index (χ1) is 9.72. The highest BCUT2D eigenvalue weighted by atomic mass is 14.7. The van der Waals surface area contributed by atoms with E-state index in [-0.39, 0.29) is 0 Å². The Labute approximate surface area is 119 Å². The molecule has 0 atom stereocenters. The van der Waals surface area contributed by atoms with Crippen molar-refractivity contribution in [2.24, 2.45) is 0 Å². The molecule has 3 rings (SSSR count). The molecule has 0 amide bonds. The molecule has 0 fully saturated rings. The predicted octanol–water partition coefficient (Wildman–Crippen LogP) is 5.18. The van der Waals surface area contributed by atoms with Crippen LogP contribution in [0.25, 0.3) is 22.6 Å². The van der Waals surface area contributed by atoms with Gasteiger partial charge >= 0.3 is 0 Å². The topological polar surface area (TPSA) is 15.8 Å². The Morgan fingerprint density at radius 1 is 1.05 bits per heavy atom. The molecular formula is C19H17N. The second-order valence-corrected chi connectivity index (χ2v) is 4.96. The molecule has 1 heteroatoms. The lowest BCUT2D eigenvalue weighted by Crippen LogP contribution is -1.91. The van der Waals surface area contributed by atoms with E-state index in [1.54, 1.807) is 0 Å². The van der Waals surface area contributed by atoms with Gasteiger partial charge in [0, 0.05) is 22.2 Å². The standard InChI is InChI=1S/C19H17N/c1-4-17-19(16-11-7-8-12-18(16)20-17)14(3)15-10-6-5-9-13(15)2/h4-12,20H,1,3H2,2H3. The summed E-state index contributed by atoms with van der Waals surface area (Å²) >= 11 is 0. The van der Waals surface area contributed by atoms with Gasteiger partial charge in [-0.15, -0.1) is 0 Å². The van der Waals surface area contributed by atoms with Gasteiger partial charge in [0.2, 0.25) is 0 Å². The zero-order valence-corrected chi connectivity index (χ0v) is 11.6. The van der Waals surface area contributed by atoms with Crippen molar-refractivity contribution in [1.82, 2.24) is 4.98 Å². The maximum Gasteiger partial charge on any atom is 0.0465 e. The number of hydrogen-bond acceptors (Lipinski definition) is 0. The highest BCUT2D eigenvalue weighted by molar-refractivity contribution is 6.00. The molecule has 0 radical (unpaired) electrons. The van der Waals surface area contributed by atoms with Crippen LogP contribution >= 0.6 is 0 Å². The Morgan fingerprint density at radius 3 is 2.50 bits per heavy atom. The van der Waals surface area contributed by atoms with Crippen LogP contribution < -0.4 is 0 Å². The Kier molecular flexibility index (Phi) is 3.03. The normalized spacial score (nSPS) is 10.7. The minimum absolute atomic E-state index is 1.03. The van der Waals surface area contributed by atoms with Crippen LogP contribution in [-0.2, 0) is 0 Å². The maximum atomic E-state index is 4.32. The monoisotopic (exact) mass is 259 g/mol. The van der Waals surface area contributed by atoms with E-state index in [0.717, 1.165) is 22.3 Å². The van der Waals surface area contributed by atoms with Crippen molar-refractivity contribution in [3.63, 3.8) is 0 Å². The van der Waals surface area contributed by atoms with E-state index >= 15 is 0 Å². The van der Waals surface area contributed by atoms with Gasteiger partial charge in [0.1, 0.15) is 0 Å². The number of hydrogen-bond donors (Lipinski definition) is 1. The molecule has 0 saturated heterocycles. The molecular weight excluding hydrogens is 242 g/mol. The first kappa shape index (κ1) is 12.5. The summed E-state index contributed by atoms with van der Waals surface area (Å²) in [7, 11) is 0. The van der Waals surface area contributed by atoms with Crippen molar-refractivity contribution in [3.05, 3.63) is 84.1 Å².